The normalized spacial score (nSPS) is 10.2. The van der Waals surface area contributed by atoms with Crippen LogP contribution in [0.5, 0.6) is 23.0 Å². The van der Waals surface area contributed by atoms with Crippen LogP contribution in [0.1, 0.15) is 10.4 Å². The molecule has 0 aliphatic heterocycles. The number of halogens is 1. The van der Waals surface area contributed by atoms with Crippen molar-refractivity contribution in [2.75, 3.05) is 6.61 Å². The number of benzene rings is 2. The van der Waals surface area contributed by atoms with E-state index in [2.05, 4.69) is 0 Å². The molecule has 2 aromatic rings. The predicted molar refractivity (Wildman–Crippen MR) is 67.7 cm³/mol. The molecule has 0 radical (unpaired) electrons. The first kappa shape index (κ1) is 13.7. The quantitative estimate of drug-likeness (QED) is 0.746. The summed E-state index contributed by atoms with van der Waals surface area (Å²) < 4.78 is 18.3. The number of para-hydroxylation sites is 1. The summed E-state index contributed by atoms with van der Waals surface area (Å²) in [6.07, 6.45) is 0. The van der Waals surface area contributed by atoms with Gasteiger partial charge in [0, 0.05) is 12.1 Å². The van der Waals surface area contributed by atoms with Gasteiger partial charge in [-0.05, 0) is 12.1 Å². The molecule has 6 heteroatoms. The Morgan fingerprint density at radius 2 is 1.70 bits per heavy atom. The van der Waals surface area contributed by atoms with Gasteiger partial charge < -0.3 is 20.1 Å². The monoisotopic (exact) mass is 278 g/mol. The first-order chi connectivity index (χ1) is 9.49. The smallest absolute Gasteiger partial charge is 0.207 e. The Hall–Kier alpha value is -2.76. The number of carbonyl (C=O) groups excluding carboxylic acids is 1. The van der Waals surface area contributed by atoms with Gasteiger partial charge in [0.1, 0.15) is 22.8 Å². The highest BCUT2D eigenvalue weighted by molar-refractivity contribution is 6.02. The van der Waals surface area contributed by atoms with E-state index in [1.54, 1.807) is 6.07 Å². The Morgan fingerprint density at radius 1 is 1.10 bits per heavy atom. The minimum atomic E-state index is -0.747. The maximum Gasteiger partial charge on any atom is 0.207 e. The molecule has 0 aliphatic rings. The SMILES string of the molecule is O=C(COc1ccccc1F)c1c(O)cc(O)cc1O. The lowest BCUT2D eigenvalue weighted by molar-refractivity contribution is 0.0913. The second-order valence-corrected chi connectivity index (χ2v) is 4.00. The predicted octanol–water partition coefficient (Wildman–Crippen LogP) is 2.20. The Balaban J connectivity index is 2.16. The van der Waals surface area contributed by atoms with E-state index < -0.39 is 29.7 Å². The van der Waals surface area contributed by atoms with Gasteiger partial charge in [-0.1, -0.05) is 12.1 Å². The van der Waals surface area contributed by atoms with E-state index >= 15 is 0 Å². The van der Waals surface area contributed by atoms with Gasteiger partial charge in [-0.15, -0.1) is 0 Å². The average molecular weight is 278 g/mol. The second-order valence-electron chi connectivity index (χ2n) is 4.00. The summed E-state index contributed by atoms with van der Waals surface area (Å²) in [6.45, 7) is -0.563. The number of carbonyl (C=O) groups is 1. The zero-order chi connectivity index (χ0) is 14.7. The minimum absolute atomic E-state index is 0.112. The molecular formula is C14H11FO5. The van der Waals surface area contributed by atoms with Gasteiger partial charge >= 0.3 is 0 Å². The van der Waals surface area contributed by atoms with Crippen molar-refractivity contribution in [3.63, 3.8) is 0 Å². The molecule has 0 atom stereocenters. The van der Waals surface area contributed by atoms with Gasteiger partial charge in [-0.2, -0.15) is 0 Å². The van der Waals surface area contributed by atoms with Crippen LogP contribution in [0.25, 0.3) is 0 Å². The zero-order valence-electron chi connectivity index (χ0n) is 10.2. The molecule has 0 heterocycles. The van der Waals surface area contributed by atoms with Crippen LogP contribution in [0.2, 0.25) is 0 Å². The van der Waals surface area contributed by atoms with E-state index in [0.717, 1.165) is 12.1 Å². The third kappa shape index (κ3) is 2.80. The first-order valence-corrected chi connectivity index (χ1v) is 5.64. The van der Waals surface area contributed by atoms with Crippen LogP contribution in [0, 0.1) is 5.82 Å². The summed E-state index contributed by atoms with van der Waals surface area (Å²) in [4.78, 5) is 11.8. The van der Waals surface area contributed by atoms with Crippen LogP contribution in [0.15, 0.2) is 36.4 Å². The summed E-state index contributed by atoms with van der Waals surface area (Å²) in [7, 11) is 0. The van der Waals surface area contributed by atoms with Crippen LogP contribution in [0.4, 0.5) is 4.39 Å². The number of ketones is 1. The highest BCUT2D eigenvalue weighted by Crippen LogP contribution is 2.32. The van der Waals surface area contributed by atoms with Crippen molar-refractivity contribution in [3.05, 3.63) is 47.8 Å². The van der Waals surface area contributed by atoms with Gasteiger partial charge in [0.15, 0.2) is 18.2 Å². The maximum atomic E-state index is 13.3. The molecule has 0 amide bonds. The fraction of sp³-hybridized carbons (Fsp3) is 0.0714. The molecule has 0 fully saturated rings. The number of rotatable bonds is 4. The van der Waals surface area contributed by atoms with Crippen molar-refractivity contribution in [1.82, 2.24) is 0 Å². The van der Waals surface area contributed by atoms with Crippen LogP contribution in [-0.2, 0) is 0 Å². The van der Waals surface area contributed by atoms with Gasteiger partial charge in [0.2, 0.25) is 5.78 Å². The largest absolute Gasteiger partial charge is 0.508 e. The fourth-order valence-corrected chi connectivity index (χ4v) is 1.66. The van der Waals surface area contributed by atoms with Gasteiger partial charge in [0.25, 0.3) is 0 Å². The van der Waals surface area contributed by atoms with Crippen LogP contribution >= 0.6 is 0 Å². The van der Waals surface area contributed by atoms with Crippen molar-refractivity contribution in [1.29, 1.82) is 0 Å². The molecular weight excluding hydrogens is 267 g/mol. The molecule has 104 valence electrons. The third-order valence-electron chi connectivity index (χ3n) is 2.56. The van der Waals surface area contributed by atoms with Gasteiger partial charge in [-0.25, -0.2) is 4.39 Å². The molecule has 0 saturated carbocycles. The summed E-state index contributed by atoms with van der Waals surface area (Å²) in [5, 5.41) is 28.2. The fourth-order valence-electron chi connectivity index (χ4n) is 1.66. The molecule has 0 unspecified atom stereocenters. The van der Waals surface area contributed by atoms with Crippen molar-refractivity contribution in [3.8, 4) is 23.0 Å². The molecule has 2 rings (SSSR count). The summed E-state index contributed by atoms with van der Waals surface area (Å²) in [6, 6.07) is 7.36. The van der Waals surface area contributed by atoms with E-state index in [9.17, 15) is 19.4 Å². The Bertz CT molecular complexity index is 631. The van der Waals surface area contributed by atoms with Crippen LogP contribution < -0.4 is 4.74 Å². The third-order valence-corrected chi connectivity index (χ3v) is 2.56. The highest BCUT2D eigenvalue weighted by Gasteiger charge is 2.18. The lowest BCUT2D eigenvalue weighted by Crippen LogP contribution is -2.12. The Labute approximate surface area is 113 Å². The standard InChI is InChI=1S/C14H11FO5/c15-9-3-1-2-4-13(9)20-7-12(19)14-10(17)5-8(16)6-11(14)18/h1-6,16-18H,7H2. The zero-order valence-corrected chi connectivity index (χ0v) is 10.2. The van der Waals surface area contributed by atoms with Crippen molar-refractivity contribution in [2.45, 2.75) is 0 Å². The van der Waals surface area contributed by atoms with Crippen LogP contribution in [0.3, 0.4) is 0 Å². The summed E-state index contributed by atoms with van der Waals surface area (Å²) in [5.74, 6) is -3.03. The molecule has 20 heavy (non-hydrogen) atoms. The lowest BCUT2D eigenvalue weighted by atomic mass is 10.1. The van der Waals surface area contributed by atoms with Gasteiger partial charge in [-0.3, -0.25) is 4.79 Å². The van der Waals surface area contributed by atoms with Gasteiger partial charge in [0.05, 0.1) is 0 Å². The number of Topliss-reactive ketones (excluding diaryl/α,β-unsaturated/α-hetero) is 1. The molecule has 3 N–H and O–H groups in total. The highest BCUT2D eigenvalue weighted by atomic mass is 19.1. The van der Waals surface area contributed by atoms with E-state index in [0.29, 0.717) is 0 Å². The van der Waals surface area contributed by atoms with Crippen molar-refractivity contribution >= 4 is 5.78 Å². The number of hydrogen-bond acceptors (Lipinski definition) is 5. The topological polar surface area (TPSA) is 87.0 Å². The Kier molecular flexibility index (Phi) is 3.74. The maximum absolute atomic E-state index is 13.3. The van der Waals surface area contributed by atoms with E-state index in [1.165, 1.54) is 18.2 Å². The molecule has 0 spiro atoms. The van der Waals surface area contributed by atoms with Crippen molar-refractivity contribution in [2.24, 2.45) is 0 Å². The molecule has 0 saturated heterocycles. The molecule has 0 aromatic heterocycles. The summed E-state index contributed by atoms with van der Waals surface area (Å²) in [5.41, 5.74) is -0.390. The molecule has 5 nitrogen and oxygen atoms in total. The molecule has 0 bridgehead atoms. The second kappa shape index (κ2) is 5.48. The number of aromatic hydroxyl groups is 3. The average Bonchev–Trinajstić information content (AvgIpc) is 2.36. The Morgan fingerprint density at radius 3 is 2.30 bits per heavy atom. The van der Waals surface area contributed by atoms with E-state index in [4.69, 9.17) is 9.84 Å². The summed E-state index contributed by atoms with van der Waals surface area (Å²) >= 11 is 0. The minimum Gasteiger partial charge on any atom is -0.508 e. The number of hydrogen-bond donors (Lipinski definition) is 3. The number of ether oxygens (including phenoxy) is 1. The number of phenols is 3. The van der Waals surface area contributed by atoms with E-state index in [-0.39, 0.29) is 17.1 Å². The first-order valence-electron chi connectivity index (χ1n) is 5.64. The number of phenolic OH excluding ortho intramolecular Hbond substituents is 3. The van der Waals surface area contributed by atoms with Crippen molar-refractivity contribution < 1.29 is 29.2 Å². The van der Waals surface area contributed by atoms with Crippen LogP contribution in [-0.4, -0.2) is 27.7 Å². The molecule has 0 aliphatic carbocycles. The molecule has 2 aromatic carbocycles. The van der Waals surface area contributed by atoms with E-state index in [1.807, 2.05) is 0 Å². The lowest BCUT2D eigenvalue weighted by Gasteiger charge is -2.09.